The molecule has 0 radical (unpaired) electrons. The van der Waals surface area contributed by atoms with Crippen molar-refractivity contribution in [1.82, 2.24) is 0 Å². The maximum Gasteiger partial charge on any atom is 0.405 e. The first-order chi connectivity index (χ1) is 8.04. The summed E-state index contributed by atoms with van der Waals surface area (Å²) in [6.07, 6.45) is -0.725. The minimum absolute atomic E-state index is 0.218. The number of carbonyl (C=O) groups excluding carboxylic acids is 1. The highest BCUT2D eigenvalue weighted by Crippen LogP contribution is 2.05. The molecule has 0 aromatic carbocycles. The van der Waals surface area contributed by atoms with Crippen molar-refractivity contribution in [2.75, 3.05) is 19.6 Å². The Kier molecular flexibility index (Phi) is 9.01. The van der Waals surface area contributed by atoms with Gasteiger partial charge in [0.2, 0.25) is 0 Å². The summed E-state index contributed by atoms with van der Waals surface area (Å²) in [5, 5.41) is 0. The number of carbonyl (C=O) groups is 1. The second-order valence-corrected chi connectivity index (χ2v) is 6.14. The van der Waals surface area contributed by atoms with Gasteiger partial charge in [-0.2, -0.15) is 8.42 Å². The molecule has 0 saturated heterocycles. The van der Waals surface area contributed by atoms with Crippen molar-refractivity contribution < 1.29 is 21.8 Å². The van der Waals surface area contributed by atoms with Crippen LogP contribution in [0.5, 0.6) is 0 Å². The molecule has 6 nitrogen and oxygen atoms in total. The lowest BCUT2D eigenvalue weighted by atomic mass is 10.2. The fourth-order valence-corrected chi connectivity index (χ4v) is 2.01. The minimum Gasteiger partial charge on any atom is -0.444 e. The quantitative estimate of drug-likeness (QED) is 0.601. The minimum atomic E-state index is -2.31. The summed E-state index contributed by atoms with van der Waals surface area (Å²) in [5.41, 5.74) is 4.26. The van der Waals surface area contributed by atoms with Crippen molar-refractivity contribution in [2.45, 2.75) is 47.1 Å². The molecule has 0 heterocycles. The topological polar surface area (TPSA) is 86.5 Å². The summed E-state index contributed by atoms with van der Waals surface area (Å²) in [6.45, 7) is 13.0. The van der Waals surface area contributed by atoms with Crippen LogP contribution in [-0.2, 0) is 15.6 Å². The molecule has 0 unspecified atom stereocenters. The molecule has 0 atom stereocenters. The van der Waals surface area contributed by atoms with Crippen molar-refractivity contribution >= 4 is 17.0 Å². The third kappa shape index (κ3) is 8.30. The average molecular weight is 283 g/mol. The molecule has 0 fully saturated rings. The van der Waals surface area contributed by atoms with E-state index in [2.05, 4.69) is 4.74 Å². The standard InChI is InChI=1S/C6H16NO2S.C5H11NO2/c1-4-7(5-2,6-3)10(8)9;1-5(2,3)8-4(6)7/h10H,4-6H2,1-3H3;1-3H3,(H2,6,7)/q+1;. The van der Waals surface area contributed by atoms with E-state index in [0.29, 0.717) is 19.6 Å². The van der Waals surface area contributed by atoms with E-state index in [4.69, 9.17) is 5.73 Å². The maximum atomic E-state index is 10.7. The Hall–Kier alpha value is -0.820. The molecule has 7 heteroatoms. The Morgan fingerprint density at radius 1 is 1.11 bits per heavy atom. The van der Waals surface area contributed by atoms with E-state index >= 15 is 0 Å². The van der Waals surface area contributed by atoms with Crippen LogP contribution in [0.1, 0.15) is 41.5 Å². The SMILES string of the molecule is CC(C)(C)OC(N)=O.CC[N+](CC)(CC)[SH](=O)=O. The molecule has 0 aromatic rings. The van der Waals surface area contributed by atoms with Gasteiger partial charge in [0.25, 0.3) is 10.9 Å². The molecule has 0 aliphatic rings. The third-order valence-electron chi connectivity index (χ3n) is 2.52. The highest BCUT2D eigenvalue weighted by molar-refractivity contribution is 7.66. The highest BCUT2D eigenvalue weighted by Gasteiger charge is 2.23. The Bertz CT molecular complexity index is 301. The number of hydrogen-bond acceptors (Lipinski definition) is 4. The molecule has 1 amide bonds. The molecular weight excluding hydrogens is 256 g/mol. The summed E-state index contributed by atoms with van der Waals surface area (Å²) in [7, 11) is -2.31. The van der Waals surface area contributed by atoms with Gasteiger partial charge in [0, 0.05) is 0 Å². The smallest absolute Gasteiger partial charge is 0.405 e. The second kappa shape index (κ2) is 8.31. The lowest BCUT2D eigenvalue weighted by molar-refractivity contribution is -0.796. The molecule has 0 saturated carbocycles. The van der Waals surface area contributed by atoms with Crippen LogP contribution in [0, 0.1) is 0 Å². The first-order valence-electron chi connectivity index (χ1n) is 6.04. The second-order valence-electron chi connectivity index (χ2n) is 4.82. The van der Waals surface area contributed by atoms with Crippen LogP contribution in [0.3, 0.4) is 0 Å². The summed E-state index contributed by atoms with van der Waals surface area (Å²) in [4.78, 5) is 10.0. The Morgan fingerprint density at radius 3 is 1.44 bits per heavy atom. The maximum absolute atomic E-state index is 10.7. The van der Waals surface area contributed by atoms with Crippen molar-refractivity contribution in [2.24, 2.45) is 5.73 Å². The fraction of sp³-hybridized carbons (Fsp3) is 0.909. The van der Waals surface area contributed by atoms with Crippen LogP contribution < -0.4 is 5.73 Å². The van der Waals surface area contributed by atoms with Crippen LogP contribution in [0.25, 0.3) is 0 Å². The summed E-state index contributed by atoms with van der Waals surface area (Å²) < 4.78 is 26.2. The predicted molar refractivity (Wildman–Crippen MR) is 72.6 cm³/mol. The molecule has 0 spiro atoms. The molecule has 0 aliphatic heterocycles. The van der Waals surface area contributed by atoms with E-state index in [9.17, 15) is 13.2 Å². The number of rotatable bonds is 4. The Balaban J connectivity index is 0. The van der Waals surface area contributed by atoms with E-state index in [1.165, 1.54) is 0 Å². The lowest BCUT2D eigenvalue weighted by Gasteiger charge is -2.27. The molecule has 0 aliphatic carbocycles. The van der Waals surface area contributed by atoms with Crippen molar-refractivity contribution in [3.8, 4) is 0 Å². The number of amides is 1. The van der Waals surface area contributed by atoms with E-state index in [-0.39, 0.29) is 3.89 Å². The zero-order valence-corrected chi connectivity index (χ0v) is 13.1. The fourth-order valence-electron chi connectivity index (χ4n) is 1.32. The van der Waals surface area contributed by atoms with Crippen LogP contribution in [0.2, 0.25) is 0 Å². The monoisotopic (exact) mass is 283 g/mol. The van der Waals surface area contributed by atoms with Gasteiger partial charge in [-0.05, 0) is 41.5 Å². The largest absolute Gasteiger partial charge is 0.444 e. The Morgan fingerprint density at radius 2 is 1.44 bits per heavy atom. The Labute approximate surface area is 112 Å². The third-order valence-corrected chi connectivity index (χ3v) is 4.06. The first-order valence-corrected chi connectivity index (χ1v) is 7.17. The number of hydrogen-bond donors (Lipinski definition) is 2. The normalized spacial score (nSPS) is 11.7. The van der Waals surface area contributed by atoms with E-state index in [1.807, 2.05) is 20.8 Å². The summed E-state index contributed by atoms with van der Waals surface area (Å²) in [6, 6.07) is 0. The summed E-state index contributed by atoms with van der Waals surface area (Å²) >= 11 is 0. The van der Waals surface area contributed by atoms with Gasteiger partial charge in [0.15, 0.2) is 0 Å². The number of nitrogens with zero attached hydrogens (tertiary/aromatic N) is 1. The van der Waals surface area contributed by atoms with Crippen molar-refractivity contribution in [3.63, 3.8) is 0 Å². The van der Waals surface area contributed by atoms with E-state index in [1.54, 1.807) is 20.8 Å². The number of primary amides is 1. The molecule has 0 bridgehead atoms. The first kappa shape index (κ1) is 19.5. The molecule has 18 heavy (non-hydrogen) atoms. The molecular formula is C11H27N2O4S+. The number of nitrogens with two attached hydrogens (primary N) is 1. The molecule has 110 valence electrons. The molecule has 2 N–H and O–H groups in total. The van der Waals surface area contributed by atoms with Gasteiger partial charge in [0.1, 0.15) is 5.60 Å². The lowest BCUT2D eigenvalue weighted by Crippen LogP contribution is -2.45. The van der Waals surface area contributed by atoms with Gasteiger partial charge < -0.3 is 10.5 Å². The zero-order chi connectivity index (χ0) is 15.0. The van der Waals surface area contributed by atoms with E-state index in [0.717, 1.165) is 0 Å². The molecule has 0 aromatic heterocycles. The van der Waals surface area contributed by atoms with E-state index < -0.39 is 22.6 Å². The average Bonchev–Trinajstić information content (AvgIpc) is 2.17. The van der Waals surface area contributed by atoms with Crippen LogP contribution >= 0.6 is 0 Å². The van der Waals surface area contributed by atoms with Gasteiger partial charge in [-0.15, -0.1) is 0 Å². The van der Waals surface area contributed by atoms with Crippen LogP contribution in [-0.4, -0.2) is 43.6 Å². The van der Waals surface area contributed by atoms with Gasteiger partial charge in [0.05, 0.1) is 19.6 Å². The van der Waals surface area contributed by atoms with Crippen molar-refractivity contribution in [1.29, 1.82) is 0 Å². The van der Waals surface area contributed by atoms with Crippen molar-refractivity contribution in [3.05, 3.63) is 0 Å². The predicted octanol–water partition coefficient (Wildman–Crippen LogP) is 1.27. The van der Waals surface area contributed by atoms with Gasteiger partial charge in [-0.1, -0.05) is 0 Å². The number of thiol groups is 1. The van der Waals surface area contributed by atoms with Gasteiger partial charge >= 0.3 is 6.09 Å². The summed E-state index contributed by atoms with van der Waals surface area (Å²) in [5.74, 6) is 0. The van der Waals surface area contributed by atoms with Crippen LogP contribution in [0.4, 0.5) is 4.79 Å². The number of ether oxygens (including phenoxy) is 1. The van der Waals surface area contributed by atoms with Gasteiger partial charge in [-0.25, -0.2) is 8.68 Å². The zero-order valence-electron chi connectivity index (χ0n) is 12.2. The number of quaternary nitrogens is 1. The highest BCUT2D eigenvalue weighted by atomic mass is 32.2. The molecule has 0 rings (SSSR count). The van der Waals surface area contributed by atoms with Gasteiger partial charge in [-0.3, -0.25) is 0 Å². The van der Waals surface area contributed by atoms with Crippen LogP contribution in [0.15, 0.2) is 0 Å².